The predicted molar refractivity (Wildman–Crippen MR) is 69.3 cm³/mol. The van der Waals surface area contributed by atoms with E-state index in [1.54, 1.807) is 12.1 Å². The van der Waals surface area contributed by atoms with Gasteiger partial charge >= 0.3 is 0 Å². The van der Waals surface area contributed by atoms with Crippen LogP contribution in [0.15, 0.2) is 18.2 Å². The smallest absolute Gasteiger partial charge is 0.272 e. The number of nitrogens with one attached hydrogen (secondary N) is 1. The van der Waals surface area contributed by atoms with Gasteiger partial charge in [-0.05, 0) is 38.8 Å². The summed E-state index contributed by atoms with van der Waals surface area (Å²) >= 11 is 0. The van der Waals surface area contributed by atoms with Crippen molar-refractivity contribution in [1.82, 2.24) is 5.32 Å². The van der Waals surface area contributed by atoms with Crippen molar-refractivity contribution in [3.63, 3.8) is 0 Å². The Morgan fingerprint density at radius 2 is 2.18 bits per heavy atom. The van der Waals surface area contributed by atoms with Crippen molar-refractivity contribution in [3.05, 3.63) is 39.4 Å². The topological polar surface area (TPSA) is 55.2 Å². The fraction of sp³-hybridized carbons (Fsp3) is 0.538. The molecule has 0 aliphatic carbocycles. The molecule has 0 saturated heterocycles. The molecular weight excluding hydrogens is 216 g/mol. The maximum Gasteiger partial charge on any atom is 0.272 e. The highest BCUT2D eigenvalue weighted by Crippen LogP contribution is 2.22. The first-order valence-corrected chi connectivity index (χ1v) is 6.00. The van der Waals surface area contributed by atoms with Crippen LogP contribution in [0.2, 0.25) is 0 Å². The van der Waals surface area contributed by atoms with Crippen LogP contribution in [0.1, 0.15) is 30.9 Å². The van der Waals surface area contributed by atoms with Crippen LogP contribution in [-0.2, 0) is 6.42 Å². The summed E-state index contributed by atoms with van der Waals surface area (Å²) in [4.78, 5) is 10.5. The average Bonchev–Trinajstić information content (AvgIpc) is 2.32. The Bertz CT molecular complexity index is 387. The molecule has 0 spiro atoms. The lowest BCUT2D eigenvalue weighted by Crippen LogP contribution is -2.24. The Morgan fingerprint density at radius 1 is 1.47 bits per heavy atom. The first-order chi connectivity index (χ1) is 8.10. The second-order valence-corrected chi connectivity index (χ2v) is 4.25. The highest BCUT2D eigenvalue weighted by Gasteiger charge is 2.13. The van der Waals surface area contributed by atoms with Gasteiger partial charge in [-0.25, -0.2) is 0 Å². The van der Waals surface area contributed by atoms with Gasteiger partial charge in [-0.3, -0.25) is 10.1 Å². The van der Waals surface area contributed by atoms with Crippen molar-refractivity contribution in [3.8, 4) is 0 Å². The van der Waals surface area contributed by atoms with Crippen LogP contribution < -0.4 is 5.32 Å². The van der Waals surface area contributed by atoms with Gasteiger partial charge in [0.25, 0.3) is 5.69 Å². The monoisotopic (exact) mass is 236 g/mol. The van der Waals surface area contributed by atoms with Crippen molar-refractivity contribution in [1.29, 1.82) is 0 Å². The van der Waals surface area contributed by atoms with E-state index in [-0.39, 0.29) is 10.6 Å². The van der Waals surface area contributed by atoms with Gasteiger partial charge in [-0.15, -0.1) is 0 Å². The van der Waals surface area contributed by atoms with Gasteiger partial charge in [0.1, 0.15) is 0 Å². The van der Waals surface area contributed by atoms with E-state index < -0.39 is 0 Å². The number of nitrogens with zero attached hydrogens (tertiary/aromatic N) is 1. The molecule has 1 N–H and O–H groups in total. The van der Waals surface area contributed by atoms with E-state index in [4.69, 9.17) is 0 Å². The Hall–Kier alpha value is -1.42. The highest BCUT2D eigenvalue weighted by atomic mass is 16.6. The number of aryl methyl sites for hydroxylation is 1. The van der Waals surface area contributed by atoms with Crippen LogP contribution in [0, 0.1) is 17.0 Å². The first-order valence-electron chi connectivity index (χ1n) is 6.00. The van der Waals surface area contributed by atoms with Crippen molar-refractivity contribution >= 4 is 5.69 Å². The molecule has 0 aliphatic heterocycles. The van der Waals surface area contributed by atoms with Crippen molar-refractivity contribution < 1.29 is 4.92 Å². The molecule has 1 rings (SSSR count). The van der Waals surface area contributed by atoms with Gasteiger partial charge in [0.2, 0.25) is 0 Å². The third-order valence-corrected chi connectivity index (χ3v) is 3.28. The molecule has 1 atom stereocenters. The lowest BCUT2D eigenvalue weighted by molar-refractivity contribution is -0.385. The summed E-state index contributed by atoms with van der Waals surface area (Å²) in [5.41, 5.74) is 2.09. The molecule has 94 valence electrons. The average molecular weight is 236 g/mol. The molecule has 0 bridgehead atoms. The van der Waals surface area contributed by atoms with E-state index in [1.165, 1.54) is 0 Å². The summed E-state index contributed by atoms with van der Waals surface area (Å²) in [6.07, 6.45) is 2.96. The van der Waals surface area contributed by atoms with Crippen LogP contribution in [0.25, 0.3) is 0 Å². The first kappa shape index (κ1) is 13.6. The number of hydrogen-bond acceptors (Lipinski definition) is 3. The maximum atomic E-state index is 10.8. The second-order valence-electron chi connectivity index (χ2n) is 4.25. The summed E-state index contributed by atoms with van der Waals surface area (Å²) in [5, 5.41) is 14.1. The number of nitro benzene ring substituents is 1. The molecule has 1 aromatic rings. The Balaban J connectivity index is 2.78. The molecule has 0 heterocycles. The largest absolute Gasteiger partial charge is 0.317 e. The molecule has 1 aromatic carbocycles. The second kappa shape index (κ2) is 6.35. The van der Waals surface area contributed by atoms with Crippen LogP contribution >= 0.6 is 0 Å². The molecule has 0 saturated carbocycles. The van der Waals surface area contributed by atoms with E-state index in [1.807, 2.05) is 20.0 Å². The zero-order valence-corrected chi connectivity index (χ0v) is 10.7. The van der Waals surface area contributed by atoms with Crippen LogP contribution in [0.4, 0.5) is 5.69 Å². The molecule has 0 amide bonds. The third-order valence-electron chi connectivity index (χ3n) is 3.28. The lowest BCUT2D eigenvalue weighted by Gasteiger charge is -2.14. The summed E-state index contributed by atoms with van der Waals surface area (Å²) < 4.78 is 0. The summed E-state index contributed by atoms with van der Waals surface area (Å²) in [6.45, 7) is 3.97. The molecular formula is C13H20N2O2. The minimum absolute atomic E-state index is 0.222. The fourth-order valence-electron chi connectivity index (χ4n) is 2.02. The van der Waals surface area contributed by atoms with Crippen molar-refractivity contribution in [2.24, 2.45) is 0 Å². The molecule has 0 fully saturated rings. The molecule has 0 radical (unpaired) electrons. The standard InChI is InChI=1S/C13H20N2O2/c1-4-12(14-3)9-8-11-6-5-7-13(10(11)2)15(16)17/h5-7,12,14H,4,8-9H2,1-3H3. The molecule has 4 nitrogen and oxygen atoms in total. The zero-order valence-electron chi connectivity index (χ0n) is 10.7. The quantitative estimate of drug-likeness (QED) is 0.610. The Morgan fingerprint density at radius 3 is 2.71 bits per heavy atom. The lowest BCUT2D eigenvalue weighted by atomic mass is 9.99. The van der Waals surface area contributed by atoms with E-state index in [9.17, 15) is 10.1 Å². The summed E-state index contributed by atoms with van der Waals surface area (Å²) in [5.74, 6) is 0. The minimum atomic E-state index is -0.311. The van der Waals surface area contributed by atoms with Crippen LogP contribution in [-0.4, -0.2) is 18.0 Å². The molecule has 1 unspecified atom stereocenters. The van der Waals surface area contributed by atoms with Crippen LogP contribution in [0.3, 0.4) is 0 Å². The molecule has 4 heteroatoms. The van der Waals surface area contributed by atoms with E-state index in [2.05, 4.69) is 12.2 Å². The van der Waals surface area contributed by atoms with Gasteiger partial charge < -0.3 is 5.32 Å². The summed E-state index contributed by atoms with van der Waals surface area (Å²) in [6, 6.07) is 5.79. The zero-order chi connectivity index (χ0) is 12.8. The SMILES string of the molecule is CCC(CCc1cccc([N+](=O)[O-])c1C)NC. The van der Waals surface area contributed by atoms with Crippen molar-refractivity contribution in [2.75, 3.05) is 7.05 Å². The molecule has 17 heavy (non-hydrogen) atoms. The van der Waals surface area contributed by atoms with Gasteiger partial charge in [0.15, 0.2) is 0 Å². The third kappa shape index (κ3) is 3.53. The molecule has 0 aromatic heterocycles. The normalized spacial score (nSPS) is 12.4. The van der Waals surface area contributed by atoms with Gasteiger partial charge in [0.05, 0.1) is 4.92 Å². The summed E-state index contributed by atoms with van der Waals surface area (Å²) in [7, 11) is 1.95. The van der Waals surface area contributed by atoms with E-state index >= 15 is 0 Å². The number of benzene rings is 1. The highest BCUT2D eigenvalue weighted by molar-refractivity contribution is 5.44. The van der Waals surface area contributed by atoms with Gasteiger partial charge in [0, 0.05) is 17.7 Å². The Labute approximate surface area is 102 Å². The number of rotatable bonds is 6. The van der Waals surface area contributed by atoms with Crippen LogP contribution in [0.5, 0.6) is 0 Å². The van der Waals surface area contributed by atoms with Gasteiger partial charge in [-0.1, -0.05) is 19.1 Å². The molecule has 0 aliphatic rings. The fourth-order valence-corrected chi connectivity index (χ4v) is 2.02. The predicted octanol–water partition coefficient (Wildman–Crippen LogP) is 2.83. The number of nitro groups is 1. The van der Waals surface area contributed by atoms with E-state index in [0.717, 1.165) is 30.4 Å². The maximum absolute atomic E-state index is 10.8. The van der Waals surface area contributed by atoms with Crippen molar-refractivity contribution in [2.45, 2.75) is 39.2 Å². The minimum Gasteiger partial charge on any atom is -0.317 e. The van der Waals surface area contributed by atoms with Gasteiger partial charge in [-0.2, -0.15) is 0 Å². The number of hydrogen-bond donors (Lipinski definition) is 1. The van der Waals surface area contributed by atoms with E-state index in [0.29, 0.717) is 6.04 Å². The Kier molecular flexibility index (Phi) is 5.10.